The van der Waals surface area contributed by atoms with Gasteiger partial charge in [-0.25, -0.2) is 0 Å². The number of aryl methyl sites for hydroxylation is 2. The molecule has 0 radical (unpaired) electrons. The molecule has 0 aliphatic rings. The Morgan fingerprint density at radius 1 is 1.12 bits per heavy atom. The Morgan fingerprint density at radius 2 is 1.88 bits per heavy atom. The molecule has 0 unspecified atom stereocenters. The van der Waals surface area contributed by atoms with Crippen molar-refractivity contribution in [1.82, 2.24) is 4.98 Å². The molecule has 2 aromatic rings. The summed E-state index contributed by atoms with van der Waals surface area (Å²) in [6, 6.07) is 10.4. The van der Waals surface area contributed by atoms with Crippen molar-refractivity contribution >= 4 is 21.6 Å². The van der Waals surface area contributed by atoms with E-state index in [1.54, 1.807) is 0 Å². The third-order valence-corrected chi connectivity index (χ3v) is 3.25. The second-order valence-corrected chi connectivity index (χ2v) is 5.02. The maximum atomic E-state index is 4.37. The lowest BCUT2D eigenvalue weighted by Crippen LogP contribution is -2.02. The SMILES string of the molecule is Cc1ccc(CNc2cc(C)ccc2Br)nc1. The Hall–Kier alpha value is -1.35. The standard InChI is InChI=1S/C14H15BrN2/c1-10-4-6-13(15)14(7-10)17-9-12-5-3-11(2)8-16-12/h3-8,17H,9H2,1-2H3. The van der Waals surface area contributed by atoms with E-state index in [0.29, 0.717) is 0 Å². The fourth-order valence-electron chi connectivity index (χ4n) is 1.56. The minimum atomic E-state index is 0.738. The molecule has 0 atom stereocenters. The number of pyridine rings is 1. The zero-order valence-electron chi connectivity index (χ0n) is 10.00. The van der Waals surface area contributed by atoms with Crippen molar-refractivity contribution in [3.05, 3.63) is 57.8 Å². The Kier molecular flexibility index (Phi) is 3.79. The van der Waals surface area contributed by atoms with E-state index in [1.807, 2.05) is 19.2 Å². The molecular weight excluding hydrogens is 276 g/mol. The average Bonchev–Trinajstić information content (AvgIpc) is 2.32. The topological polar surface area (TPSA) is 24.9 Å². The molecule has 0 aliphatic heterocycles. The van der Waals surface area contributed by atoms with Crippen LogP contribution in [-0.2, 0) is 6.54 Å². The van der Waals surface area contributed by atoms with Gasteiger partial charge in [-0.15, -0.1) is 0 Å². The Bertz CT molecular complexity index is 506. The Labute approximate surface area is 110 Å². The summed E-state index contributed by atoms with van der Waals surface area (Å²) in [4.78, 5) is 4.37. The van der Waals surface area contributed by atoms with Crippen molar-refractivity contribution < 1.29 is 0 Å². The Morgan fingerprint density at radius 3 is 2.59 bits per heavy atom. The molecule has 2 nitrogen and oxygen atoms in total. The zero-order valence-corrected chi connectivity index (χ0v) is 11.6. The van der Waals surface area contributed by atoms with Crippen LogP contribution in [0.15, 0.2) is 41.0 Å². The van der Waals surface area contributed by atoms with Gasteiger partial charge >= 0.3 is 0 Å². The fraction of sp³-hybridized carbons (Fsp3) is 0.214. The third-order valence-electron chi connectivity index (χ3n) is 2.55. The lowest BCUT2D eigenvalue weighted by molar-refractivity contribution is 1.03. The van der Waals surface area contributed by atoms with Gasteiger partial charge in [-0.3, -0.25) is 4.98 Å². The summed E-state index contributed by atoms with van der Waals surface area (Å²) in [5.41, 5.74) is 4.58. The summed E-state index contributed by atoms with van der Waals surface area (Å²) in [6.45, 7) is 4.87. The van der Waals surface area contributed by atoms with Crippen molar-refractivity contribution in [3.63, 3.8) is 0 Å². The van der Waals surface area contributed by atoms with E-state index >= 15 is 0 Å². The number of benzene rings is 1. The molecule has 0 saturated carbocycles. The van der Waals surface area contributed by atoms with E-state index in [2.05, 4.69) is 57.4 Å². The first-order valence-electron chi connectivity index (χ1n) is 5.57. The summed E-state index contributed by atoms with van der Waals surface area (Å²) in [6.07, 6.45) is 1.89. The molecule has 0 fully saturated rings. The van der Waals surface area contributed by atoms with Crippen molar-refractivity contribution in [1.29, 1.82) is 0 Å². The smallest absolute Gasteiger partial charge is 0.0594 e. The highest BCUT2D eigenvalue weighted by molar-refractivity contribution is 9.10. The maximum absolute atomic E-state index is 4.37. The summed E-state index contributed by atoms with van der Waals surface area (Å²) in [5, 5.41) is 3.38. The molecule has 0 bridgehead atoms. The summed E-state index contributed by atoms with van der Waals surface area (Å²) in [5.74, 6) is 0. The summed E-state index contributed by atoms with van der Waals surface area (Å²) >= 11 is 3.53. The quantitative estimate of drug-likeness (QED) is 0.922. The lowest BCUT2D eigenvalue weighted by Gasteiger charge is -2.09. The second-order valence-electron chi connectivity index (χ2n) is 4.16. The van der Waals surface area contributed by atoms with E-state index in [4.69, 9.17) is 0 Å². The molecule has 0 spiro atoms. The fourth-order valence-corrected chi connectivity index (χ4v) is 1.95. The van der Waals surface area contributed by atoms with Crippen molar-refractivity contribution in [2.45, 2.75) is 20.4 Å². The molecule has 0 aliphatic carbocycles. The van der Waals surface area contributed by atoms with Gasteiger partial charge < -0.3 is 5.32 Å². The number of halogens is 1. The van der Waals surface area contributed by atoms with E-state index in [-0.39, 0.29) is 0 Å². The number of nitrogens with zero attached hydrogens (tertiary/aromatic N) is 1. The molecule has 1 heterocycles. The Balaban J connectivity index is 2.07. The van der Waals surface area contributed by atoms with Crippen LogP contribution in [0.3, 0.4) is 0 Å². The van der Waals surface area contributed by atoms with Crippen LogP contribution in [0.1, 0.15) is 16.8 Å². The van der Waals surface area contributed by atoms with Gasteiger partial charge in [0.05, 0.1) is 12.2 Å². The van der Waals surface area contributed by atoms with Crippen LogP contribution in [0.2, 0.25) is 0 Å². The van der Waals surface area contributed by atoms with Gasteiger partial charge in [0.15, 0.2) is 0 Å². The molecule has 17 heavy (non-hydrogen) atoms. The van der Waals surface area contributed by atoms with E-state index < -0.39 is 0 Å². The molecule has 1 N–H and O–H groups in total. The number of hydrogen-bond acceptors (Lipinski definition) is 2. The average molecular weight is 291 g/mol. The highest BCUT2D eigenvalue weighted by Crippen LogP contribution is 2.23. The molecule has 88 valence electrons. The van der Waals surface area contributed by atoms with Crippen LogP contribution in [-0.4, -0.2) is 4.98 Å². The first-order chi connectivity index (χ1) is 8.15. The van der Waals surface area contributed by atoms with Crippen LogP contribution in [0, 0.1) is 13.8 Å². The van der Waals surface area contributed by atoms with Gasteiger partial charge in [0.2, 0.25) is 0 Å². The van der Waals surface area contributed by atoms with Gasteiger partial charge in [0.1, 0.15) is 0 Å². The van der Waals surface area contributed by atoms with E-state index in [1.165, 1.54) is 11.1 Å². The predicted molar refractivity (Wildman–Crippen MR) is 75.2 cm³/mol. The number of aromatic nitrogens is 1. The van der Waals surface area contributed by atoms with Crippen LogP contribution in [0.4, 0.5) is 5.69 Å². The zero-order chi connectivity index (χ0) is 12.3. The molecular formula is C14H15BrN2. The monoisotopic (exact) mass is 290 g/mol. The predicted octanol–water partition coefficient (Wildman–Crippen LogP) is 4.07. The minimum absolute atomic E-state index is 0.738. The highest BCUT2D eigenvalue weighted by atomic mass is 79.9. The minimum Gasteiger partial charge on any atom is -0.378 e. The van der Waals surface area contributed by atoms with Crippen LogP contribution < -0.4 is 5.32 Å². The number of anilines is 1. The van der Waals surface area contributed by atoms with Gasteiger partial charge in [-0.05, 0) is 59.1 Å². The molecule has 0 saturated heterocycles. The summed E-state index contributed by atoms with van der Waals surface area (Å²) < 4.78 is 1.08. The first-order valence-corrected chi connectivity index (χ1v) is 6.36. The van der Waals surface area contributed by atoms with Gasteiger partial charge in [-0.1, -0.05) is 12.1 Å². The van der Waals surface area contributed by atoms with Crippen LogP contribution >= 0.6 is 15.9 Å². The van der Waals surface area contributed by atoms with E-state index in [0.717, 1.165) is 22.4 Å². The maximum Gasteiger partial charge on any atom is 0.0594 e. The second kappa shape index (κ2) is 5.32. The first kappa shape index (κ1) is 12.1. The summed E-state index contributed by atoms with van der Waals surface area (Å²) in [7, 11) is 0. The molecule has 1 aromatic heterocycles. The van der Waals surface area contributed by atoms with Crippen molar-refractivity contribution in [2.24, 2.45) is 0 Å². The highest BCUT2D eigenvalue weighted by Gasteiger charge is 2.00. The molecule has 1 aromatic carbocycles. The molecule has 3 heteroatoms. The van der Waals surface area contributed by atoms with Gasteiger partial charge in [0, 0.05) is 16.4 Å². The van der Waals surface area contributed by atoms with Crippen molar-refractivity contribution in [3.8, 4) is 0 Å². The number of hydrogen-bond donors (Lipinski definition) is 1. The third kappa shape index (κ3) is 3.30. The lowest BCUT2D eigenvalue weighted by atomic mass is 10.2. The van der Waals surface area contributed by atoms with Gasteiger partial charge in [0.25, 0.3) is 0 Å². The number of rotatable bonds is 3. The molecule has 0 amide bonds. The van der Waals surface area contributed by atoms with Crippen LogP contribution in [0.25, 0.3) is 0 Å². The largest absolute Gasteiger partial charge is 0.378 e. The van der Waals surface area contributed by atoms with E-state index in [9.17, 15) is 0 Å². The normalized spacial score (nSPS) is 10.3. The van der Waals surface area contributed by atoms with Gasteiger partial charge in [-0.2, -0.15) is 0 Å². The van der Waals surface area contributed by atoms with Crippen molar-refractivity contribution in [2.75, 3.05) is 5.32 Å². The van der Waals surface area contributed by atoms with Crippen LogP contribution in [0.5, 0.6) is 0 Å². The molecule has 2 rings (SSSR count). The number of nitrogens with one attached hydrogen (secondary N) is 1.